The summed E-state index contributed by atoms with van der Waals surface area (Å²) < 4.78 is 21.7. The van der Waals surface area contributed by atoms with E-state index in [4.69, 9.17) is 4.74 Å². The molecule has 5 rings (SSSR count). The number of benzene rings is 2. The molecule has 4 aromatic rings. The van der Waals surface area contributed by atoms with Crippen molar-refractivity contribution in [2.24, 2.45) is 0 Å². The third-order valence-electron chi connectivity index (χ3n) is 6.52. The van der Waals surface area contributed by atoms with Crippen molar-refractivity contribution in [2.75, 3.05) is 26.7 Å². The van der Waals surface area contributed by atoms with Crippen molar-refractivity contribution in [3.8, 4) is 5.75 Å². The van der Waals surface area contributed by atoms with Gasteiger partial charge >= 0.3 is 0 Å². The number of halogens is 1. The lowest BCUT2D eigenvalue weighted by molar-refractivity contribution is 0.0407. The molecule has 1 atom stereocenters. The van der Waals surface area contributed by atoms with Crippen LogP contribution in [0.3, 0.4) is 0 Å². The first-order chi connectivity index (χ1) is 17.0. The standard InChI is InChI=1S/C27H26FN3O3S/c1-18-16-29(12-13-30(18)25(32)21-8-4-5-9-22(21)28)26(33)23-15-19-11-14-35-27(19)31(23)17-20-7-3-6-10-24(20)34-2/h3-11,14-15,18H,12-13,16-17H2,1-2H3. The number of rotatable bonds is 5. The maximum absolute atomic E-state index is 14.2. The van der Waals surface area contributed by atoms with Crippen molar-refractivity contribution >= 4 is 33.4 Å². The van der Waals surface area contributed by atoms with Crippen molar-refractivity contribution in [3.05, 3.63) is 88.7 Å². The number of thiophene rings is 1. The molecule has 1 aliphatic heterocycles. The van der Waals surface area contributed by atoms with E-state index in [0.29, 0.717) is 31.9 Å². The van der Waals surface area contributed by atoms with Crippen LogP contribution in [0.5, 0.6) is 5.75 Å². The van der Waals surface area contributed by atoms with Crippen molar-refractivity contribution in [1.29, 1.82) is 0 Å². The van der Waals surface area contributed by atoms with Crippen molar-refractivity contribution < 1.29 is 18.7 Å². The van der Waals surface area contributed by atoms with E-state index in [1.54, 1.807) is 40.4 Å². The fourth-order valence-corrected chi connectivity index (χ4v) is 5.61. The molecule has 6 nitrogen and oxygen atoms in total. The molecule has 0 aliphatic carbocycles. The molecule has 1 saturated heterocycles. The first-order valence-electron chi connectivity index (χ1n) is 11.5. The quantitative estimate of drug-likeness (QED) is 0.400. The maximum Gasteiger partial charge on any atom is 0.270 e. The van der Waals surface area contributed by atoms with E-state index in [0.717, 1.165) is 21.5 Å². The number of para-hydroxylation sites is 1. The van der Waals surface area contributed by atoms with E-state index in [-0.39, 0.29) is 23.4 Å². The van der Waals surface area contributed by atoms with Gasteiger partial charge in [0.1, 0.15) is 22.1 Å². The third-order valence-corrected chi connectivity index (χ3v) is 7.47. The molecule has 2 aromatic heterocycles. The number of hydrogen-bond acceptors (Lipinski definition) is 4. The molecule has 3 heterocycles. The smallest absolute Gasteiger partial charge is 0.270 e. The summed E-state index contributed by atoms with van der Waals surface area (Å²) in [6.45, 7) is 3.52. The number of aromatic nitrogens is 1. The van der Waals surface area contributed by atoms with Crippen LogP contribution < -0.4 is 4.74 Å². The van der Waals surface area contributed by atoms with Crippen LogP contribution in [0.25, 0.3) is 10.2 Å². The van der Waals surface area contributed by atoms with Gasteiger partial charge in [-0.05, 0) is 42.6 Å². The molecule has 180 valence electrons. The monoisotopic (exact) mass is 491 g/mol. The molecule has 2 amide bonds. The largest absolute Gasteiger partial charge is 0.496 e. The predicted molar refractivity (Wildman–Crippen MR) is 135 cm³/mol. The average molecular weight is 492 g/mol. The summed E-state index contributed by atoms with van der Waals surface area (Å²) in [5.41, 5.74) is 1.66. The Morgan fingerprint density at radius 1 is 1.06 bits per heavy atom. The minimum absolute atomic E-state index is 0.0602. The maximum atomic E-state index is 14.2. The van der Waals surface area contributed by atoms with Gasteiger partial charge in [0.25, 0.3) is 11.8 Å². The number of ether oxygens (including phenoxy) is 1. The zero-order valence-corrected chi connectivity index (χ0v) is 20.4. The number of fused-ring (bicyclic) bond motifs is 1. The molecule has 0 radical (unpaired) electrons. The molecule has 8 heteroatoms. The SMILES string of the molecule is COc1ccccc1Cn1c(C(=O)N2CCN(C(=O)c3ccccc3F)C(C)C2)cc2ccsc21. The zero-order valence-electron chi connectivity index (χ0n) is 19.6. The molecule has 1 aliphatic rings. The summed E-state index contributed by atoms with van der Waals surface area (Å²) in [5.74, 6) is -0.174. The number of hydrogen-bond donors (Lipinski definition) is 0. The van der Waals surface area contributed by atoms with Crippen LogP contribution in [-0.4, -0.2) is 59.0 Å². The summed E-state index contributed by atoms with van der Waals surface area (Å²) in [5, 5.41) is 3.04. The van der Waals surface area contributed by atoms with E-state index in [1.807, 2.05) is 53.3 Å². The normalized spacial score (nSPS) is 16.0. The summed E-state index contributed by atoms with van der Waals surface area (Å²) in [7, 11) is 1.64. The lowest BCUT2D eigenvalue weighted by Gasteiger charge is -2.40. The Kier molecular flexibility index (Phi) is 6.30. The van der Waals surface area contributed by atoms with Crippen molar-refractivity contribution in [1.82, 2.24) is 14.4 Å². The van der Waals surface area contributed by atoms with E-state index in [9.17, 15) is 14.0 Å². The molecule has 35 heavy (non-hydrogen) atoms. The van der Waals surface area contributed by atoms with Gasteiger partial charge in [0.05, 0.1) is 19.2 Å². The highest BCUT2D eigenvalue weighted by molar-refractivity contribution is 7.16. The number of methoxy groups -OCH3 is 1. The van der Waals surface area contributed by atoms with E-state index >= 15 is 0 Å². The Balaban J connectivity index is 1.39. The van der Waals surface area contributed by atoms with Crippen LogP contribution in [0.4, 0.5) is 4.39 Å². The number of amides is 2. The van der Waals surface area contributed by atoms with Crippen LogP contribution in [-0.2, 0) is 6.54 Å². The topological polar surface area (TPSA) is 54.8 Å². The van der Waals surface area contributed by atoms with Gasteiger partial charge in [-0.15, -0.1) is 11.3 Å². The van der Waals surface area contributed by atoms with Crippen LogP contribution in [0.1, 0.15) is 33.3 Å². The van der Waals surface area contributed by atoms with Gasteiger partial charge in [-0.1, -0.05) is 30.3 Å². The molecule has 1 fully saturated rings. The molecular weight excluding hydrogens is 465 g/mol. The highest BCUT2D eigenvalue weighted by Crippen LogP contribution is 2.30. The van der Waals surface area contributed by atoms with E-state index in [2.05, 4.69) is 0 Å². The molecule has 1 unspecified atom stereocenters. The van der Waals surface area contributed by atoms with Gasteiger partial charge in [0.15, 0.2) is 0 Å². The Labute approximate surface area is 207 Å². The number of piperazine rings is 1. The Morgan fingerprint density at radius 3 is 2.60 bits per heavy atom. The van der Waals surface area contributed by atoms with Crippen LogP contribution in [0.2, 0.25) is 0 Å². The van der Waals surface area contributed by atoms with Crippen LogP contribution >= 0.6 is 11.3 Å². The molecule has 2 aromatic carbocycles. The minimum Gasteiger partial charge on any atom is -0.496 e. The molecule has 0 spiro atoms. The highest BCUT2D eigenvalue weighted by Gasteiger charge is 2.33. The van der Waals surface area contributed by atoms with Crippen molar-refractivity contribution in [3.63, 3.8) is 0 Å². The summed E-state index contributed by atoms with van der Waals surface area (Å²) in [4.78, 5) is 31.1. The molecule has 0 bridgehead atoms. The Bertz CT molecular complexity index is 1400. The lowest BCUT2D eigenvalue weighted by atomic mass is 10.1. The molecular formula is C27H26FN3O3S. The van der Waals surface area contributed by atoms with Gasteiger partial charge in [-0.3, -0.25) is 9.59 Å². The van der Waals surface area contributed by atoms with Crippen LogP contribution in [0.15, 0.2) is 66.0 Å². The van der Waals surface area contributed by atoms with Gasteiger partial charge < -0.3 is 19.1 Å². The third kappa shape index (κ3) is 4.30. The highest BCUT2D eigenvalue weighted by atomic mass is 32.1. The Hall–Kier alpha value is -3.65. The second kappa shape index (κ2) is 9.54. The van der Waals surface area contributed by atoms with Gasteiger partial charge in [-0.2, -0.15) is 0 Å². The first-order valence-corrected chi connectivity index (χ1v) is 12.4. The van der Waals surface area contributed by atoms with E-state index in [1.165, 1.54) is 12.1 Å². The first kappa shape index (κ1) is 23.1. The van der Waals surface area contributed by atoms with Gasteiger partial charge in [0, 0.05) is 36.6 Å². The average Bonchev–Trinajstić information content (AvgIpc) is 3.46. The minimum atomic E-state index is -0.530. The van der Waals surface area contributed by atoms with Crippen LogP contribution in [0, 0.1) is 5.82 Å². The fraction of sp³-hybridized carbons (Fsp3) is 0.259. The fourth-order valence-electron chi connectivity index (χ4n) is 4.71. The van der Waals surface area contributed by atoms with Gasteiger partial charge in [-0.25, -0.2) is 4.39 Å². The summed E-state index contributed by atoms with van der Waals surface area (Å²) >= 11 is 1.60. The number of carbonyl (C=O) groups is 2. The van der Waals surface area contributed by atoms with Gasteiger partial charge in [0.2, 0.25) is 0 Å². The predicted octanol–water partition coefficient (Wildman–Crippen LogP) is 4.89. The summed E-state index contributed by atoms with van der Waals surface area (Å²) in [6, 6.07) is 17.5. The number of nitrogens with zero attached hydrogens (tertiary/aromatic N) is 3. The molecule has 0 N–H and O–H groups in total. The Morgan fingerprint density at radius 2 is 1.83 bits per heavy atom. The lowest BCUT2D eigenvalue weighted by Crippen LogP contribution is -2.55. The summed E-state index contributed by atoms with van der Waals surface area (Å²) in [6.07, 6.45) is 0. The zero-order chi connectivity index (χ0) is 24.5. The van der Waals surface area contributed by atoms with Crippen molar-refractivity contribution in [2.45, 2.75) is 19.5 Å². The second-order valence-electron chi connectivity index (χ2n) is 8.69. The van der Waals surface area contributed by atoms with E-state index < -0.39 is 5.82 Å². The second-order valence-corrected chi connectivity index (χ2v) is 9.58. The number of carbonyl (C=O) groups excluding carboxylic acids is 2. The molecule has 0 saturated carbocycles.